The van der Waals surface area contributed by atoms with E-state index in [4.69, 9.17) is 10.5 Å². The Kier molecular flexibility index (Phi) is 5.89. The van der Waals surface area contributed by atoms with E-state index < -0.39 is 17.7 Å². The minimum atomic E-state index is -0.569. The first-order chi connectivity index (χ1) is 10.8. The number of amides is 2. The molecule has 0 bridgehead atoms. The van der Waals surface area contributed by atoms with Gasteiger partial charge >= 0.3 is 6.09 Å². The quantitative estimate of drug-likeness (QED) is 0.831. The van der Waals surface area contributed by atoms with Gasteiger partial charge in [0.05, 0.1) is 0 Å². The average molecular weight is 325 g/mol. The molecule has 2 fully saturated rings. The Morgan fingerprint density at radius 1 is 1.13 bits per heavy atom. The summed E-state index contributed by atoms with van der Waals surface area (Å²) in [6.45, 7) is 7.05. The molecule has 1 atom stereocenters. The molecular formula is C17H31N3O3. The Bertz CT molecular complexity index is 419. The van der Waals surface area contributed by atoms with Gasteiger partial charge in [0.25, 0.3) is 0 Å². The van der Waals surface area contributed by atoms with Crippen LogP contribution in [0.4, 0.5) is 4.79 Å². The molecule has 2 aliphatic rings. The summed E-state index contributed by atoms with van der Waals surface area (Å²) in [5.41, 5.74) is 5.40. The average Bonchev–Trinajstić information content (AvgIpc) is 2.97. The normalized spacial score (nSPS) is 26.7. The maximum absolute atomic E-state index is 12.9. The van der Waals surface area contributed by atoms with E-state index in [9.17, 15) is 9.59 Å². The predicted molar refractivity (Wildman–Crippen MR) is 88.9 cm³/mol. The van der Waals surface area contributed by atoms with Gasteiger partial charge in [-0.15, -0.1) is 0 Å². The van der Waals surface area contributed by atoms with Gasteiger partial charge in [-0.2, -0.15) is 0 Å². The van der Waals surface area contributed by atoms with Crippen LogP contribution in [0.25, 0.3) is 0 Å². The fourth-order valence-corrected chi connectivity index (χ4v) is 3.43. The zero-order valence-electron chi connectivity index (χ0n) is 14.6. The number of nitrogens with two attached hydrogens (primary N) is 1. The lowest BCUT2D eigenvalue weighted by Gasteiger charge is -2.34. The summed E-state index contributed by atoms with van der Waals surface area (Å²) in [5.74, 6) is 0.184. The summed E-state index contributed by atoms with van der Waals surface area (Å²) in [6.07, 6.45) is 5.14. The topological polar surface area (TPSA) is 84.7 Å². The lowest BCUT2D eigenvalue weighted by atomic mass is 9.81. The van der Waals surface area contributed by atoms with Gasteiger partial charge in [-0.25, -0.2) is 4.79 Å². The fourth-order valence-electron chi connectivity index (χ4n) is 3.43. The van der Waals surface area contributed by atoms with Gasteiger partial charge in [-0.3, -0.25) is 4.79 Å². The minimum absolute atomic E-state index is 0.0360. The molecule has 0 spiro atoms. The van der Waals surface area contributed by atoms with Crippen LogP contribution in [0.2, 0.25) is 0 Å². The van der Waals surface area contributed by atoms with E-state index in [1.54, 1.807) is 0 Å². The van der Waals surface area contributed by atoms with Crippen molar-refractivity contribution < 1.29 is 14.3 Å². The van der Waals surface area contributed by atoms with E-state index in [1.807, 2.05) is 25.7 Å². The van der Waals surface area contributed by atoms with Crippen LogP contribution in [0.15, 0.2) is 0 Å². The molecule has 2 rings (SSSR count). The van der Waals surface area contributed by atoms with Crippen molar-refractivity contribution in [3.05, 3.63) is 0 Å². The second-order valence-electron chi connectivity index (χ2n) is 7.83. The molecule has 0 aromatic carbocycles. The van der Waals surface area contributed by atoms with Crippen molar-refractivity contribution in [2.24, 2.45) is 11.7 Å². The maximum Gasteiger partial charge on any atom is 0.408 e. The fraction of sp³-hybridized carbons (Fsp3) is 0.882. The van der Waals surface area contributed by atoms with Gasteiger partial charge in [-0.05, 0) is 65.2 Å². The number of nitrogens with one attached hydrogen (secondary N) is 1. The van der Waals surface area contributed by atoms with Gasteiger partial charge in [0, 0.05) is 19.1 Å². The van der Waals surface area contributed by atoms with Crippen molar-refractivity contribution >= 4 is 12.0 Å². The number of rotatable bonds is 3. The number of alkyl carbamates (subject to hydrolysis) is 1. The molecule has 0 aromatic heterocycles. The molecular weight excluding hydrogens is 294 g/mol. The Morgan fingerprint density at radius 3 is 2.22 bits per heavy atom. The van der Waals surface area contributed by atoms with Crippen LogP contribution in [-0.4, -0.2) is 47.7 Å². The summed E-state index contributed by atoms with van der Waals surface area (Å²) in [5, 5.41) is 2.84. The molecule has 0 radical (unpaired) electrons. The third-order valence-electron chi connectivity index (χ3n) is 4.64. The van der Waals surface area contributed by atoms with Gasteiger partial charge in [0.2, 0.25) is 5.91 Å². The summed E-state index contributed by atoms with van der Waals surface area (Å²) in [4.78, 5) is 26.9. The highest BCUT2D eigenvalue weighted by molar-refractivity contribution is 5.86. The molecule has 23 heavy (non-hydrogen) atoms. The van der Waals surface area contributed by atoms with Crippen molar-refractivity contribution in [1.29, 1.82) is 0 Å². The van der Waals surface area contributed by atoms with Gasteiger partial charge in [-0.1, -0.05) is 0 Å². The van der Waals surface area contributed by atoms with E-state index >= 15 is 0 Å². The van der Waals surface area contributed by atoms with E-state index in [0.717, 1.165) is 51.6 Å². The first-order valence-corrected chi connectivity index (χ1v) is 8.80. The SMILES string of the molecule is CC(C)(C)OC(=O)NC(C(=O)N1CCCC1)C1CCC(N)CC1. The maximum atomic E-state index is 12.9. The Hall–Kier alpha value is -1.30. The van der Waals surface area contributed by atoms with Crippen LogP contribution in [0.1, 0.15) is 59.3 Å². The number of carbonyl (C=O) groups is 2. The van der Waals surface area contributed by atoms with Crippen LogP contribution in [0.3, 0.4) is 0 Å². The van der Waals surface area contributed by atoms with Crippen LogP contribution in [-0.2, 0) is 9.53 Å². The largest absolute Gasteiger partial charge is 0.444 e. The molecule has 1 heterocycles. The number of carbonyl (C=O) groups excluding carboxylic acids is 2. The zero-order chi connectivity index (χ0) is 17.0. The van der Waals surface area contributed by atoms with Crippen molar-refractivity contribution in [3.8, 4) is 0 Å². The second-order valence-corrected chi connectivity index (χ2v) is 7.83. The number of likely N-dealkylation sites (tertiary alicyclic amines) is 1. The van der Waals surface area contributed by atoms with Crippen LogP contribution < -0.4 is 11.1 Å². The third-order valence-corrected chi connectivity index (χ3v) is 4.64. The van der Waals surface area contributed by atoms with Crippen LogP contribution in [0.5, 0.6) is 0 Å². The van der Waals surface area contributed by atoms with Gasteiger partial charge < -0.3 is 20.7 Å². The molecule has 1 aliphatic carbocycles. The Balaban J connectivity index is 2.04. The zero-order valence-corrected chi connectivity index (χ0v) is 14.6. The second kappa shape index (κ2) is 7.51. The number of ether oxygens (including phenoxy) is 1. The van der Waals surface area contributed by atoms with Gasteiger partial charge in [0.1, 0.15) is 11.6 Å². The standard InChI is InChI=1S/C17H31N3O3/c1-17(2,3)23-16(22)19-14(12-6-8-13(18)9-7-12)15(21)20-10-4-5-11-20/h12-14H,4-11,18H2,1-3H3,(H,19,22). The van der Waals surface area contributed by atoms with Crippen molar-refractivity contribution in [2.45, 2.75) is 77.0 Å². The minimum Gasteiger partial charge on any atom is -0.444 e. The van der Waals surface area contributed by atoms with Crippen molar-refractivity contribution in [3.63, 3.8) is 0 Å². The number of hydrogen-bond acceptors (Lipinski definition) is 4. The molecule has 6 heteroatoms. The summed E-state index contributed by atoms with van der Waals surface area (Å²) in [7, 11) is 0. The first-order valence-electron chi connectivity index (χ1n) is 8.80. The lowest BCUT2D eigenvalue weighted by molar-refractivity contribution is -0.134. The molecule has 6 nitrogen and oxygen atoms in total. The first kappa shape index (κ1) is 18.0. The molecule has 1 unspecified atom stereocenters. The molecule has 1 saturated heterocycles. The predicted octanol–water partition coefficient (Wildman–Crippen LogP) is 2.02. The van der Waals surface area contributed by atoms with E-state index in [0.29, 0.717) is 0 Å². The van der Waals surface area contributed by atoms with Crippen molar-refractivity contribution in [1.82, 2.24) is 10.2 Å². The highest BCUT2D eigenvalue weighted by Gasteiger charge is 2.36. The van der Waals surface area contributed by atoms with Crippen LogP contribution in [0, 0.1) is 5.92 Å². The molecule has 132 valence electrons. The van der Waals surface area contributed by atoms with Gasteiger partial charge in [0.15, 0.2) is 0 Å². The molecule has 1 saturated carbocycles. The van der Waals surface area contributed by atoms with E-state index in [2.05, 4.69) is 5.32 Å². The Morgan fingerprint density at radius 2 is 1.70 bits per heavy atom. The highest BCUT2D eigenvalue weighted by Crippen LogP contribution is 2.28. The molecule has 0 aromatic rings. The lowest BCUT2D eigenvalue weighted by Crippen LogP contribution is -2.53. The Labute approximate surface area is 139 Å². The van der Waals surface area contributed by atoms with Crippen LogP contribution >= 0.6 is 0 Å². The molecule has 2 amide bonds. The summed E-state index contributed by atoms with van der Waals surface area (Å²) < 4.78 is 5.35. The summed E-state index contributed by atoms with van der Waals surface area (Å²) in [6, 6.07) is -0.272. The molecule has 1 aliphatic heterocycles. The van der Waals surface area contributed by atoms with E-state index in [-0.39, 0.29) is 17.9 Å². The summed E-state index contributed by atoms with van der Waals surface area (Å²) >= 11 is 0. The monoisotopic (exact) mass is 325 g/mol. The smallest absolute Gasteiger partial charge is 0.408 e. The van der Waals surface area contributed by atoms with Crippen molar-refractivity contribution in [2.75, 3.05) is 13.1 Å². The molecule has 3 N–H and O–H groups in total. The third kappa shape index (κ3) is 5.37. The number of hydrogen-bond donors (Lipinski definition) is 2. The van der Waals surface area contributed by atoms with E-state index in [1.165, 1.54) is 0 Å². The highest BCUT2D eigenvalue weighted by atomic mass is 16.6. The number of nitrogens with zero attached hydrogens (tertiary/aromatic N) is 1.